The maximum absolute atomic E-state index is 12.2. The van der Waals surface area contributed by atoms with Crippen molar-refractivity contribution in [3.05, 3.63) is 59.7 Å². The molecule has 3 N–H and O–H groups in total. The second kappa shape index (κ2) is 8.66. The number of rotatable bonds is 6. The van der Waals surface area contributed by atoms with Gasteiger partial charge in [-0.1, -0.05) is 18.2 Å². The van der Waals surface area contributed by atoms with Crippen LogP contribution in [0.3, 0.4) is 0 Å². The molecule has 0 unspecified atom stereocenters. The molecule has 136 valence electrons. The highest BCUT2D eigenvalue weighted by atomic mass is 16.2. The number of benzene rings is 2. The lowest BCUT2D eigenvalue weighted by molar-refractivity contribution is -0.114. The fourth-order valence-electron chi connectivity index (χ4n) is 2.34. The summed E-state index contributed by atoms with van der Waals surface area (Å²) in [5.41, 5.74) is 2.05. The summed E-state index contributed by atoms with van der Waals surface area (Å²) >= 11 is 0. The number of hydrogen-bond acceptors (Lipinski definition) is 4. The van der Waals surface area contributed by atoms with E-state index in [-0.39, 0.29) is 24.3 Å². The highest BCUT2D eigenvalue weighted by molar-refractivity contribution is 6.01. The van der Waals surface area contributed by atoms with Crippen LogP contribution in [-0.4, -0.2) is 50.3 Å². The molecule has 7 nitrogen and oxygen atoms in total. The maximum Gasteiger partial charge on any atom is 0.253 e. The standard InChI is InChI=1S/C19H22N4O3/c1-20-18(25)15-9-4-5-10-16(15)21-12-17(24)22-14-8-6-7-13(11-14)19(26)23(2)3/h4-11,21H,12H2,1-3H3,(H,20,25)(H,22,24). The Kier molecular flexibility index (Phi) is 6.32. The van der Waals surface area contributed by atoms with Crippen molar-refractivity contribution in [3.63, 3.8) is 0 Å². The number of carbonyl (C=O) groups excluding carboxylic acids is 3. The van der Waals surface area contributed by atoms with Crippen LogP contribution in [-0.2, 0) is 4.79 Å². The second-order valence-corrected chi connectivity index (χ2v) is 5.81. The van der Waals surface area contributed by atoms with Crippen molar-refractivity contribution in [2.75, 3.05) is 38.3 Å². The Morgan fingerprint density at radius 1 is 1.00 bits per heavy atom. The summed E-state index contributed by atoms with van der Waals surface area (Å²) in [7, 11) is 4.89. The van der Waals surface area contributed by atoms with Crippen LogP contribution >= 0.6 is 0 Å². The maximum atomic E-state index is 12.2. The molecule has 0 bridgehead atoms. The first-order chi connectivity index (χ1) is 12.4. The largest absolute Gasteiger partial charge is 0.376 e. The molecule has 0 saturated heterocycles. The lowest BCUT2D eigenvalue weighted by atomic mass is 10.1. The number of nitrogens with one attached hydrogen (secondary N) is 3. The number of para-hydroxylation sites is 1. The Labute approximate surface area is 152 Å². The van der Waals surface area contributed by atoms with Gasteiger partial charge in [-0.15, -0.1) is 0 Å². The van der Waals surface area contributed by atoms with Crippen LogP contribution in [0, 0.1) is 0 Å². The third kappa shape index (κ3) is 4.83. The van der Waals surface area contributed by atoms with Crippen LogP contribution in [0.4, 0.5) is 11.4 Å². The normalized spacial score (nSPS) is 9.96. The topological polar surface area (TPSA) is 90.5 Å². The predicted molar refractivity (Wildman–Crippen MR) is 101 cm³/mol. The highest BCUT2D eigenvalue weighted by Gasteiger charge is 2.11. The molecule has 7 heteroatoms. The van der Waals surface area contributed by atoms with Crippen molar-refractivity contribution in [2.24, 2.45) is 0 Å². The minimum absolute atomic E-state index is 0.0140. The molecule has 2 rings (SSSR count). The molecule has 2 aromatic carbocycles. The SMILES string of the molecule is CNC(=O)c1ccccc1NCC(=O)Nc1cccc(C(=O)N(C)C)c1. The van der Waals surface area contributed by atoms with Gasteiger partial charge in [0.15, 0.2) is 0 Å². The monoisotopic (exact) mass is 354 g/mol. The number of amides is 3. The molecule has 0 aliphatic rings. The summed E-state index contributed by atoms with van der Waals surface area (Å²) in [6, 6.07) is 13.7. The molecule has 0 saturated carbocycles. The Balaban J connectivity index is 2.01. The van der Waals surface area contributed by atoms with Gasteiger partial charge >= 0.3 is 0 Å². The zero-order valence-electron chi connectivity index (χ0n) is 15.0. The van der Waals surface area contributed by atoms with Crippen LogP contribution in [0.2, 0.25) is 0 Å². The van der Waals surface area contributed by atoms with Gasteiger partial charge in [-0.3, -0.25) is 14.4 Å². The number of nitrogens with zero attached hydrogens (tertiary/aromatic N) is 1. The van der Waals surface area contributed by atoms with E-state index in [0.717, 1.165) is 0 Å². The third-order valence-electron chi connectivity index (χ3n) is 3.64. The predicted octanol–water partition coefficient (Wildman–Crippen LogP) is 1.80. The van der Waals surface area contributed by atoms with E-state index in [1.54, 1.807) is 69.7 Å². The van der Waals surface area contributed by atoms with Crippen LogP contribution in [0.5, 0.6) is 0 Å². The molecule has 2 aromatic rings. The minimum Gasteiger partial charge on any atom is -0.376 e. The van der Waals surface area contributed by atoms with Gasteiger partial charge < -0.3 is 20.9 Å². The van der Waals surface area contributed by atoms with Crippen molar-refractivity contribution in [1.82, 2.24) is 10.2 Å². The second-order valence-electron chi connectivity index (χ2n) is 5.81. The fraction of sp³-hybridized carbons (Fsp3) is 0.211. The summed E-state index contributed by atoms with van der Waals surface area (Å²) in [5, 5.41) is 8.25. The lowest BCUT2D eigenvalue weighted by Crippen LogP contribution is -2.25. The highest BCUT2D eigenvalue weighted by Crippen LogP contribution is 2.15. The van der Waals surface area contributed by atoms with Crippen molar-refractivity contribution in [3.8, 4) is 0 Å². The van der Waals surface area contributed by atoms with Crippen molar-refractivity contribution in [2.45, 2.75) is 0 Å². The molecule has 0 spiro atoms. The molecule has 0 radical (unpaired) electrons. The van der Waals surface area contributed by atoms with Crippen LogP contribution < -0.4 is 16.0 Å². The Hall–Kier alpha value is -3.35. The Morgan fingerprint density at radius 2 is 1.73 bits per heavy atom. The summed E-state index contributed by atoms with van der Waals surface area (Å²) in [6.07, 6.45) is 0. The van der Waals surface area contributed by atoms with E-state index < -0.39 is 0 Å². The molecule has 0 heterocycles. The van der Waals surface area contributed by atoms with E-state index in [1.807, 2.05) is 0 Å². The van der Waals surface area contributed by atoms with Gasteiger partial charge in [-0.2, -0.15) is 0 Å². The summed E-state index contributed by atoms with van der Waals surface area (Å²) in [4.78, 5) is 37.5. The number of hydrogen-bond donors (Lipinski definition) is 3. The van der Waals surface area contributed by atoms with Gasteiger partial charge in [0.2, 0.25) is 5.91 Å². The van der Waals surface area contributed by atoms with E-state index in [9.17, 15) is 14.4 Å². The summed E-state index contributed by atoms with van der Waals surface area (Å²) in [5.74, 6) is -0.659. The Bertz CT molecular complexity index is 818. The van der Waals surface area contributed by atoms with E-state index in [2.05, 4.69) is 16.0 Å². The van der Waals surface area contributed by atoms with Gasteiger partial charge in [0.1, 0.15) is 0 Å². The van der Waals surface area contributed by atoms with Gasteiger partial charge in [0.25, 0.3) is 11.8 Å². The number of carbonyl (C=O) groups is 3. The summed E-state index contributed by atoms with van der Waals surface area (Å²) < 4.78 is 0. The molecule has 0 aliphatic carbocycles. The molecular formula is C19H22N4O3. The lowest BCUT2D eigenvalue weighted by Gasteiger charge is -2.13. The first-order valence-corrected chi connectivity index (χ1v) is 8.09. The van der Waals surface area contributed by atoms with Crippen molar-refractivity contribution < 1.29 is 14.4 Å². The van der Waals surface area contributed by atoms with Crippen molar-refractivity contribution >= 4 is 29.1 Å². The third-order valence-corrected chi connectivity index (χ3v) is 3.64. The molecule has 0 aliphatic heterocycles. The Morgan fingerprint density at radius 3 is 2.42 bits per heavy atom. The molecule has 0 aromatic heterocycles. The van der Waals surface area contributed by atoms with Gasteiger partial charge in [-0.05, 0) is 30.3 Å². The van der Waals surface area contributed by atoms with Crippen LogP contribution in [0.25, 0.3) is 0 Å². The van der Waals surface area contributed by atoms with E-state index >= 15 is 0 Å². The van der Waals surface area contributed by atoms with Gasteiger partial charge in [0, 0.05) is 38.1 Å². The van der Waals surface area contributed by atoms with Crippen LogP contribution in [0.1, 0.15) is 20.7 Å². The first kappa shape index (κ1) is 19.0. The smallest absolute Gasteiger partial charge is 0.253 e. The molecular weight excluding hydrogens is 332 g/mol. The number of anilines is 2. The molecule has 26 heavy (non-hydrogen) atoms. The molecule has 3 amide bonds. The van der Waals surface area contributed by atoms with Gasteiger partial charge in [-0.25, -0.2) is 0 Å². The molecule has 0 atom stereocenters. The quantitative estimate of drug-likeness (QED) is 0.738. The van der Waals surface area contributed by atoms with Crippen LogP contribution in [0.15, 0.2) is 48.5 Å². The average molecular weight is 354 g/mol. The molecule has 0 fully saturated rings. The van der Waals surface area contributed by atoms with E-state index in [1.165, 1.54) is 4.90 Å². The zero-order valence-corrected chi connectivity index (χ0v) is 15.0. The van der Waals surface area contributed by atoms with Gasteiger partial charge in [0.05, 0.1) is 12.1 Å². The van der Waals surface area contributed by atoms with Crippen molar-refractivity contribution in [1.29, 1.82) is 0 Å². The summed E-state index contributed by atoms with van der Waals surface area (Å²) in [6.45, 7) is -0.0140. The first-order valence-electron chi connectivity index (χ1n) is 8.09. The minimum atomic E-state index is -0.286. The fourth-order valence-corrected chi connectivity index (χ4v) is 2.34. The average Bonchev–Trinajstić information content (AvgIpc) is 2.65. The van der Waals surface area contributed by atoms with E-state index in [4.69, 9.17) is 0 Å². The zero-order chi connectivity index (χ0) is 19.1. The van der Waals surface area contributed by atoms with E-state index in [0.29, 0.717) is 22.5 Å².